The second-order valence-corrected chi connectivity index (χ2v) is 6.48. The molecule has 1 heterocycles. The summed E-state index contributed by atoms with van der Waals surface area (Å²) in [7, 11) is 0. The summed E-state index contributed by atoms with van der Waals surface area (Å²) in [5.74, 6) is -0.0910. The maximum atomic E-state index is 12.3. The number of halogens is 3. The van der Waals surface area contributed by atoms with E-state index in [0.29, 0.717) is 13.0 Å². The Balaban J connectivity index is 1.76. The third kappa shape index (κ3) is 5.89. The molecule has 0 spiro atoms. The van der Waals surface area contributed by atoms with E-state index in [9.17, 15) is 27.6 Å². The molecule has 1 saturated carbocycles. The molecule has 0 aromatic carbocycles. The summed E-state index contributed by atoms with van der Waals surface area (Å²) in [4.78, 5) is 37.3. The molecule has 6 nitrogen and oxygen atoms in total. The van der Waals surface area contributed by atoms with Gasteiger partial charge in [-0.25, -0.2) is 4.79 Å². The average molecular weight is 364 g/mol. The molecule has 0 aromatic rings. The summed E-state index contributed by atoms with van der Waals surface area (Å²) < 4.78 is 39.8. The minimum absolute atomic E-state index is 0.0292. The van der Waals surface area contributed by atoms with Gasteiger partial charge in [-0.05, 0) is 25.7 Å². The lowest BCUT2D eigenvalue weighted by atomic mass is 9.82. The molecule has 1 N–H and O–H groups in total. The second-order valence-electron chi connectivity index (χ2n) is 6.48. The van der Waals surface area contributed by atoms with E-state index in [1.807, 2.05) is 0 Å². The Morgan fingerprint density at radius 1 is 1.20 bits per heavy atom. The van der Waals surface area contributed by atoms with Crippen molar-refractivity contribution in [2.45, 2.75) is 57.2 Å². The molecule has 142 valence electrons. The number of carbonyl (C=O) groups excluding carboxylic acids is 3. The zero-order valence-electron chi connectivity index (χ0n) is 13.9. The highest BCUT2D eigenvalue weighted by Gasteiger charge is 2.38. The van der Waals surface area contributed by atoms with Crippen LogP contribution in [0.15, 0.2) is 0 Å². The fraction of sp³-hybridized carbons (Fsp3) is 0.812. The fourth-order valence-electron chi connectivity index (χ4n) is 3.55. The first kappa shape index (κ1) is 19.5. The predicted octanol–water partition coefficient (Wildman–Crippen LogP) is 2.42. The minimum atomic E-state index is -4.58. The molecule has 1 aliphatic carbocycles. The fourth-order valence-corrected chi connectivity index (χ4v) is 3.55. The number of carbonyl (C=O) groups is 3. The van der Waals surface area contributed by atoms with Crippen molar-refractivity contribution in [3.05, 3.63) is 0 Å². The van der Waals surface area contributed by atoms with Gasteiger partial charge in [0.15, 0.2) is 6.61 Å². The molecule has 9 heteroatoms. The van der Waals surface area contributed by atoms with E-state index >= 15 is 0 Å². The van der Waals surface area contributed by atoms with Crippen LogP contribution in [-0.2, 0) is 14.3 Å². The topological polar surface area (TPSA) is 75.7 Å². The van der Waals surface area contributed by atoms with E-state index in [-0.39, 0.29) is 36.6 Å². The molecule has 2 amide bonds. The van der Waals surface area contributed by atoms with Crippen molar-refractivity contribution in [2.24, 2.45) is 5.92 Å². The molecule has 25 heavy (non-hydrogen) atoms. The number of ether oxygens (including phenoxy) is 1. The van der Waals surface area contributed by atoms with Crippen molar-refractivity contribution in [2.75, 3.05) is 19.7 Å². The Kier molecular flexibility index (Phi) is 6.66. The number of hydrogen-bond acceptors (Lipinski definition) is 4. The quantitative estimate of drug-likeness (QED) is 0.813. The number of Topliss-reactive ketones (excluding diaryl/α,β-unsaturated/α-hetero) is 1. The molecule has 0 unspecified atom stereocenters. The van der Waals surface area contributed by atoms with Crippen LogP contribution in [-0.4, -0.2) is 54.6 Å². The van der Waals surface area contributed by atoms with Crippen LogP contribution in [0.1, 0.15) is 44.9 Å². The summed E-state index contributed by atoms with van der Waals surface area (Å²) in [5, 5.41) is 2.14. The Labute approximate surface area is 144 Å². The molecule has 1 saturated heterocycles. The first-order chi connectivity index (χ1) is 11.8. The number of nitrogens with zero attached hydrogens (tertiary/aromatic N) is 1. The molecule has 1 aliphatic heterocycles. The number of hydrogen-bond donors (Lipinski definition) is 1. The molecule has 0 bridgehead atoms. The van der Waals surface area contributed by atoms with E-state index in [1.54, 1.807) is 4.90 Å². The lowest BCUT2D eigenvalue weighted by molar-refractivity contribution is -0.160. The monoisotopic (exact) mass is 364 g/mol. The highest BCUT2D eigenvalue weighted by molar-refractivity contribution is 5.84. The van der Waals surface area contributed by atoms with Gasteiger partial charge in [0.1, 0.15) is 5.78 Å². The normalized spacial score (nSPS) is 24.3. The van der Waals surface area contributed by atoms with Gasteiger partial charge in [-0.3, -0.25) is 9.59 Å². The maximum Gasteiger partial charge on any atom is 0.422 e. The first-order valence-electron chi connectivity index (χ1n) is 8.57. The van der Waals surface area contributed by atoms with Crippen molar-refractivity contribution in [1.29, 1.82) is 0 Å². The van der Waals surface area contributed by atoms with Gasteiger partial charge in [0, 0.05) is 37.9 Å². The van der Waals surface area contributed by atoms with Gasteiger partial charge in [-0.1, -0.05) is 6.42 Å². The SMILES string of the molecule is O=C(NCCC(=O)N1CCC[C@H]1[C@H]1CCCCC1=O)OCC(F)(F)F. The largest absolute Gasteiger partial charge is 0.440 e. The zero-order valence-corrected chi connectivity index (χ0v) is 13.9. The highest BCUT2D eigenvalue weighted by atomic mass is 19.4. The summed E-state index contributed by atoms with van der Waals surface area (Å²) in [5.41, 5.74) is 0. The molecular formula is C16H23F3N2O4. The number of rotatable bonds is 5. The van der Waals surface area contributed by atoms with E-state index in [1.165, 1.54) is 0 Å². The van der Waals surface area contributed by atoms with E-state index in [2.05, 4.69) is 10.1 Å². The van der Waals surface area contributed by atoms with Gasteiger partial charge in [-0.15, -0.1) is 0 Å². The van der Waals surface area contributed by atoms with Crippen LogP contribution in [0.5, 0.6) is 0 Å². The van der Waals surface area contributed by atoms with Gasteiger partial charge >= 0.3 is 12.3 Å². The lowest BCUT2D eigenvalue weighted by Gasteiger charge is -2.33. The van der Waals surface area contributed by atoms with Crippen molar-refractivity contribution in [1.82, 2.24) is 10.2 Å². The van der Waals surface area contributed by atoms with Gasteiger partial charge in [0.25, 0.3) is 0 Å². The number of ketones is 1. The number of amides is 2. The zero-order chi connectivity index (χ0) is 18.4. The third-order valence-corrected chi connectivity index (χ3v) is 4.66. The van der Waals surface area contributed by atoms with Crippen LogP contribution in [0, 0.1) is 5.92 Å². The van der Waals surface area contributed by atoms with Gasteiger partial charge in [0.2, 0.25) is 5.91 Å². The van der Waals surface area contributed by atoms with E-state index < -0.39 is 18.9 Å². The van der Waals surface area contributed by atoms with Crippen molar-refractivity contribution >= 4 is 17.8 Å². The summed E-state index contributed by atoms with van der Waals surface area (Å²) in [6, 6.07) is -0.0857. The van der Waals surface area contributed by atoms with Crippen molar-refractivity contribution in [3.8, 4) is 0 Å². The standard InChI is InChI=1S/C16H23F3N2O4/c17-16(18,19)10-25-15(24)20-8-7-14(23)21-9-3-5-12(21)11-4-1-2-6-13(11)22/h11-12H,1-10H2,(H,20,24)/t11-,12+/m1/s1. The second kappa shape index (κ2) is 8.53. The molecule has 2 rings (SSSR count). The van der Waals surface area contributed by atoms with Crippen LogP contribution >= 0.6 is 0 Å². The minimum Gasteiger partial charge on any atom is -0.440 e. The Hall–Kier alpha value is -1.80. The van der Waals surface area contributed by atoms with Crippen LogP contribution in [0.4, 0.5) is 18.0 Å². The number of nitrogens with one attached hydrogen (secondary N) is 1. The van der Waals surface area contributed by atoms with Gasteiger partial charge in [-0.2, -0.15) is 13.2 Å². The molecule has 0 radical (unpaired) electrons. The van der Waals surface area contributed by atoms with Crippen LogP contribution in [0.25, 0.3) is 0 Å². The number of alkyl carbamates (subject to hydrolysis) is 1. The number of likely N-dealkylation sites (tertiary alicyclic amines) is 1. The number of alkyl halides is 3. The molecule has 2 atom stereocenters. The lowest BCUT2D eigenvalue weighted by Crippen LogP contribution is -2.44. The molecular weight excluding hydrogens is 341 g/mol. The van der Waals surface area contributed by atoms with Crippen LogP contribution in [0.2, 0.25) is 0 Å². The molecule has 2 aliphatic rings. The van der Waals surface area contributed by atoms with Gasteiger partial charge < -0.3 is 15.0 Å². The van der Waals surface area contributed by atoms with Gasteiger partial charge in [0.05, 0.1) is 0 Å². The average Bonchev–Trinajstić information content (AvgIpc) is 3.02. The van der Waals surface area contributed by atoms with Crippen LogP contribution < -0.4 is 5.32 Å². The predicted molar refractivity (Wildman–Crippen MR) is 81.7 cm³/mol. The smallest absolute Gasteiger partial charge is 0.422 e. The Morgan fingerprint density at radius 2 is 1.96 bits per heavy atom. The Bertz CT molecular complexity index is 510. The van der Waals surface area contributed by atoms with E-state index in [0.717, 1.165) is 32.1 Å². The third-order valence-electron chi connectivity index (χ3n) is 4.66. The first-order valence-corrected chi connectivity index (χ1v) is 8.57. The molecule has 2 fully saturated rings. The summed E-state index contributed by atoms with van der Waals surface area (Å²) in [6.07, 6.45) is -0.927. The summed E-state index contributed by atoms with van der Waals surface area (Å²) >= 11 is 0. The van der Waals surface area contributed by atoms with Crippen molar-refractivity contribution in [3.63, 3.8) is 0 Å². The Morgan fingerprint density at radius 3 is 2.64 bits per heavy atom. The highest BCUT2D eigenvalue weighted by Crippen LogP contribution is 2.32. The summed E-state index contributed by atoms with van der Waals surface area (Å²) in [6.45, 7) is -1.19. The molecule has 0 aromatic heterocycles. The van der Waals surface area contributed by atoms with Crippen molar-refractivity contribution < 1.29 is 32.3 Å². The van der Waals surface area contributed by atoms with E-state index in [4.69, 9.17) is 0 Å². The maximum absolute atomic E-state index is 12.3. The van der Waals surface area contributed by atoms with Crippen LogP contribution in [0.3, 0.4) is 0 Å².